The number of nitrogens with one attached hydrogen (secondary N) is 1. The van der Waals surface area contributed by atoms with Crippen LogP contribution in [-0.4, -0.2) is 44.3 Å². The van der Waals surface area contributed by atoms with Crippen LogP contribution in [0.5, 0.6) is 0 Å². The number of carbonyl (C=O) groups is 2. The number of nitrogens with zero attached hydrogens (tertiary/aromatic N) is 2. The molecule has 0 saturated carbocycles. The number of amides is 2. The first-order chi connectivity index (χ1) is 21.6. The highest BCUT2D eigenvalue weighted by Crippen LogP contribution is 2.31. The fraction of sp³-hybridized carbons (Fsp3) is 0.235. The van der Waals surface area contributed by atoms with Crippen LogP contribution in [0, 0.1) is 5.82 Å². The molecule has 11 heteroatoms. The Morgan fingerprint density at radius 3 is 2.16 bits per heavy atom. The van der Waals surface area contributed by atoms with E-state index in [0.717, 1.165) is 22.7 Å². The summed E-state index contributed by atoms with van der Waals surface area (Å²) in [7, 11) is -4.31. The van der Waals surface area contributed by atoms with Gasteiger partial charge in [0.1, 0.15) is 18.4 Å². The minimum Gasteiger partial charge on any atom is -0.354 e. The summed E-state index contributed by atoms with van der Waals surface area (Å²) in [5.74, 6) is -1.70. The quantitative estimate of drug-likeness (QED) is 0.148. The molecule has 0 aliphatic rings. The van der Waals surface area contributed by atoms with Gasteiger partial charge >= 0.3 is 0 Å². The lowest BCUT2D eigenvalue weighted by atomic mass is 10.0. The second-order valence-electron chi connectivity index (χ2n) is 10.4. The maximum absolute atomic E-state index is 15.0. The number of sulfonamides is 1. The lowest BCUT2D eigenvalue weighted by molar-refractivity contribution is -0.140. The molecule has 4 rings (SSSR count). The van der Waals surface area contributed by atoms with Gasteiger partial charge in [-0.25, -0.2) is 12.8 Å². The standard InChI is InChI=1S/C34H34Cl2FN3O4S/c1-2-3-20-38-34(42)32(21-25-12-6-4-7-13-25)39(23-26-14-10-11-17-31(26)37)33(41)24-40(27-18-19-29(35)30(36)22-27)45(43,44)28-15-8-5-9-16-28/h4-19,22,32H,2-3,20-21,23-24H2,1H3,(H,38,42). The molecule has 7 nitrogen and oxygen atoms in total. The third-order valence-corrected chi connectivity index (χ3v) is 9.73. The Bertz CT molecular complexity index is 1710. The predicted octanol–water partition coefficient (Wildman–Crippen LogP) is 6.88. The zero-order chi connectivity index (χ0) is 32.4. The van der Waals surface area contributed by atoms with Crippen molar-refractivity contribution in [2.24, 2.45) is 0 Å². The van der Waals surface area contributed by atoms with E-state index in [1.807, 2.05) is 37.3 Å². The van der Waals surface area contributed by atoms with Crippen molar-refractivity contribution < 1.29 is 22.4 Å². The van der Waals surface area contributed by atoms with E-state index in [0.29, 0.717) is 6.54 Å². The minimum atomic E-state index is -4.31. The van der Waals surface area contributed by atoms with Crippen molar-refractivity contribution in [3.05, 3.63) is 130 Å². The molecule has 4 aromatic rings. The van der Waals surface area contributed by atoms with Crippen molar-refractivity contribution in [3.63, 3.8) is 0 Å². The molecule has 4 aromatic carbocycles. The molecule has 0 bridgehead atoms. The van der Waals surface area contributed by atoms with Gasteiger partial charge in [0.15, 0.2) is 0 Å². The average molecular weight is 671 g/mol. The highest BCUT2D eigenvalue weighted by atomic mass is 35.5. The Balaban J connectivity index is 1.81. The molecule has 0 aliphatic carbocycles. The summed E-state index contributed by atoms with van der Waals surface area (Å²) in [4.78, 5) is 29.3. The molecule has 1 atom stereocenters. The normalized spacial score (nSPS) is 11.9. The Hall–Kier alpha value is -3.92. The first-order valence-corrected chi connectivity index (χ1v) is 16.7. The fourth-order valence-corrected chi connectivity index (χ4v) is 6.48. The SMILES string of the molecule is CCCCNC(=O)C(Cc1ccccc1)N(Cc1ccccc1F)C(=O)CN(c1ccc(Cl)c(Cl)c1)S(=O)(=O)c1ccccc1. The van der Waals surface area contributed by atoms with Crippen molar-refractivity contribution >= 4 is 50.7 Å². The zero-order valence-electron chi connectivity index (χ0n) is 24.7. The van der Waals surface area contributed by atoms with Gasteiger partial charge in [-0.05, 0) is 48.4 Å². The van der Waals surface area contributed by atoms with Gasteiger partial charge in [0.05, 0.1) is 20.6 Å². The van der Waals surface area contributed by atoms with Crippen molar-refractivity contribution in [1.82, 2.24) is 10.2 Å². The molecule has 2 amide bonds. The summed E-state index contributed by atoms with van der Waals surface area (Å²) in [5, 5.41) is 3.20. The number of unbranched alkanes of at least 4 members (excludes halogenated alkanes) is 1. The van der Waals surface area contributed by atoms with Crippen LogP contribution in [0.15, 0.2) is 108 Å². The maximum atomic E-state index is 15.0. The fourth-order valence-electron chi connectivity index (χ4n) is 4.76. The smallest absolute Gasteiger partial charge is 0.264 e. The van der Waals surface area contributed by atoms with Crippen LogP contribution >= 0.6 is 23.2 Å². The Morgan fingerprint density at radius 1 is 0.867 bits per heavy atom. The molecular weight excluding hydrogens is 636 g/mol. The van der Waals surface area contributed by atoms with E-state index in [9.17, 15) is 18.0 Å². The Labute approximate surface area is 273 Å². The average Bonchev–Trinajstić information content (AvgIpc) is 3.04. The van der Waals surface area contributed by atoms with Gasteiger partial charge in [-0.1, -0.05) is 103 Å². The summed E-state index contributed by atoms with van der Waals surface area (Å²) in [6, 6.07) is 25.9. The molecule has 0 aromatic heterocycles. The number of halogens is 3. The van der Waals surface area contributed by atoms with Gasteiger partial charge in [0.25, 0.3) is 10.0 Å². The monoisotopic (exact) mass is 669 g/mol. The van der Waals surface area contributed by atoms with Crippen LogP contribution in [-0.2, 0) is 32.6 Å². The first kappa shape index (κ1) is 34.0. The molecule has 0 spiro atoms. The number of benzene rings is 4. The highest BCUT2D eigenvalue weighted by Gasteiger charge is 2.35. The van der Waals surface area contributed by atoms with Gasteiger partial charge in [-0.3, -0.25) is 13.9 Å². The lowest BCUT2D eigenvalue weighted by Crippen LogP contribution is -2.53. The van der Waals surface area contributed by atoms with Crippen molar-refractivity contribution in [2.45, 2.75) is 43.7 Å². The van der Waals surface area contributed by atoms with Gasteiger partial charge in [-0.15, -0.1) is 0 Å². The van der Waals surface area contributed by atoms with Gasteiger partial charge in [0.2, 0.25) is 11.8 Å². The Kier molecular flexibility index (Phi) is 12.0. The van der Waals surface area contributed by atoms with E-state index in [2.05, 4.69) is 5.32 Å². The van der Waals surface area contributed by atoms with E-state index in [-0.39, 0.29) is 39.2 Å². The molecule has 0 heterocycles. The molecule has 0 radical (unpaired) electrons. The van der Waals surface area contributed by atoms with Gasteiger partial charge in [0, 0.05) is 25.1 Å². The molecular formula is C34H34Cl2FN3O4S. The van der Waals surface area contributed by atoms with Crippen LogP contribution in [0.1, 0.15) is 30.9 Å². The van der Waals surface area contributed by atoms with E-state index >= 15 is 4.39 Å². The summed E-state index contributed by atoms with van der Waals surface area (Å²) < 4.78 is 43.9. The summed E-state index contributed by atoms with van der Waals surface area (Å²) in [5.41, 5.74) is 1.05. The van der Waals surface area contributed by atoms with E-state index in [1.165, 1.54) is 53.4 Å². The van der Waals surface area contributed by atoms with Crippen molar-refractivity contribution in [3.8, 4) is 0 Å². The van der Waals surface area contributed by atoms with E-state index in [4.69, 9.17) is 23.2 Å². The van der Waals surface area contributed by atoms with Crippen LogP contribution in [0.4, 0.5) is 10.1 Å². The number of carbonyl (C=O) groups excluding carboxylic acids is 2. The van der Waals surface area contributed by atoms with Gasteiger partial charge < -0.3 is 10.2 Å². The molecule has 0 saturated heterocycles. The number of anilines is 1. The molecule has 1 N–H and O–H groups in total. The lowest BCUT2D eigenvalue weighted by Gasteiger charge is -2.34. The van der Waals surface area contributed by atoms with Crippen molar-refractivity contribution in [1.29, 1.82) is 0 Å². The maximum Gasteiger partial charge on any atom is 0.264 e. The number of rotatable bonds is 14. The highest BCUT2D eigenvalue weighted by molar-refractivity contribution is 7.92. The predicted molar refractivity (Wildman–Crippen MR) is 176 cm³/mol. The summed E-state index contributed by atoms with van der Waals surface area (Å²) >= 11 is 12.4. The van der Waals surface area contributed by atoms with Crippen LogP contribution in [0.3, 0.4) is 0 Å². The molecule has 0 aliphatic heterocycles. The summed E-state index contributed by atoms with van der Waals surface area (Å²) in [6.07, 6.45) is 1.69. The minimum absolute atomic E-state index is 0.0531. The van der Waals surface area contributed by atoms with Crippen LogP contribution in [0.2, 0.25) is 10.0 Å². The zero-order valence-corrected chi connectivity index (χ0v) is 27.0. The number of hydrogen-bond acceptors (Lipinski definition) is 4. The molecule has 1 unspecified atom stereocenters. The summed E-state index contributed by atoms with van der Waals surface area (Å²) in [6.45, 7) is 1.41. The third-order valence-electron chi connectivity index (χ3n) is 7.20. The van der Waals surface area contributed by atoms with Crippen LogP contribution in [0.25, 0.3) is 0 Å². The molecule has 236 valence electrons. The van der Waals surface area contributed by atoms with Crippen molar-refractivity contribution in [2.75, 3.05) is 17.4 Å². The van der Waals surface area contributed by atoms with Gasteiger partial charge in [-0.2, -0.15) is 0 Å². The number of hydrogen-bond donors (Lipinski definition) is 1. The van der Waals surface area contributed by atoms with E-state index < -0.39 is 40.2 Å². The Morgan fingerprint density at radius 2 is 1.51 bits per heavy atom. The topological polar surface area (TPSA) is 86.8 Å². The first-order valence-electron chi connectivity index (χ1n) is 14.5. The molecule has 45 heavy (non-hydrogen) atoms. The third kappa shape index (κ3) is 8.84. The second-order valence-corrected chi connectivity index (χ2v) is 13.1. The van der Waals surface area contributed by atoms with E-state index in [1.54, 1.807) is 24.3 Å². The second kappa shape index (κ2) is 15.9. The molecule has 0 fully saturated rings. The van der Waals surface area contributed by atoms with Crippen LogP contribution < -0.4 is 9.62 Å². The largest absolute Gasteiger partial charge is 0.354 e.